The van der Waals surface area contributed by atoms with Gasteiger partial charge in [0.25, 0.3) is 11.6 Å². The van der Waals surface area contributed by atoms with Gasteiger partial charge < -0.3 is 9.30 Å². The monoisotopic (exact) mass is 449 g/mol. The van der Waals surface area contributed by atoms with Crippen molar-refractivity contribution in [2.75, 3.05) is 13.4 Å². The lowest BCUT2D eigenvalue weighted by Gasteiger charge is -2.04. The van der Waals surface area contributed by atoms with Crippen LogP contribution in [0.3, 0.4) is 0 Å². The summed E-state index contributed by atoms with van der Waals surface area (Å²) in [5.74, 6) is -1.25. The fourth-order valence-electron chi connectivity index (χ4n) is 2.59. The number of hydrogen-bond donors (Lipinski definition) is 0. The second kappa shape index (κ2) is 8.16. The van der Waals surface area contributed by atoms with E-state index in [4.69, 9.17) is 0 Å². The van der Waals surface area contributed by atoms with Crippen LogP contribution in [0.15, 0.2) is 52.4 Å². The van der Waals surface area contributed by atoms with Crippen LogP contribution in [0.2, 0.25) is 0 Å². The standard InChI is InChI=1S/C18H15N3O7S2/c1-28-16(22)10-20-14-8-7-13(30(2,26)27)9-15(14)29-18(20)19-17(23)11-3-5-12(6-4-11)21(24)25/h3-9H,10H2,1-2H3. The first kappa shape index (κ1) is 21.3. The average Bonchev–Trinajstić information content (AvgIpc) is 3.03. The topological polar surface area (TPSA) is 138 Å². The van der Waals surface area contributed by atoms with E-state index in [1.165, 1.54) is 54.1 Å². The minimum Gasteiger partial charge on any atom is -0.468 e. The summed E-state index contributed by atoms with van der Waals surface area (Å²) in [7, 11) is -2.23. The number of thiazole rings is 1. The number of sulfone groups is 1. The lowest BCUT2D eigenvalue weighted by Crippen LogP contribution is -2.22. The molecule has 0 aliphatic carbocycles. The summed E-state index contributed by atoms with van der Waals surface area (Å²) in [4.78, 5) is 38.8. The summed E-state index contributed by atoms with van der Waals surface area (Å²) in [6.07, 6.45) is 1.08. The van der Waals surface area contributed by atoms with E-state index in [9.17, 15) is 28.1 Å². The molecule has 0 unspecified atom stereocenters. The third kappa shape index (κ3) is 4.44. The number of nitro benzene ring substituents is 1. The molecule has 2 aromatic carbocycles. The summed E-state index contributed by atoms with van der Waals surface area (Å²) in [5.41, 5.74) is 0.468. The number of aromatic nitrogens is 1. The Bertz CT molecular complexity index is 1340. The highest BCUT2D eigenvalue weighted by Crippen LogP contribution is 2.22. The first-order valence-corrected chi connectivity index (χ1v) is 11.0. The molecule has 156 valence electrons. The zero-order valence-corrected chi connectivity index (χ0v) is 17.4. The number of carbonyl (C=O) groups excluding carboxylic acids is 2. The van der Waals surface area contributed by atoms with E-state index in [2.05, 4.69) is 9.73 Å². The van der Waals surface area contributed by atoms with Gasteiger partial charge in [0.2, 0.25) is 0 Å². The molecule has 0 aliphatic rings. The van der Waals surface area contributed by atoms with Gasteiger partial charge in [-0.1, -0.05) is 11.3 Å². The third-order valence-electron chi connectivity index (χ3n) is 4.12. The van der Waals surface area contributed by atoms with Gasteiger partial charge in [-0.3, -0.25) is 19.7 Å². The Morgan fingerprint density at radius 3 is 2.43 bits per heavy atom. The van der Waals surface area contributed by atoms with Crippen LogP contribution < -0.4 is 4.80 Å². The molecule has 0 radical (unpaired) electrons. The molecule has 1 aromatic heterocycles. The van der Waals surface area contributed by atoms with E-state index in [0.717, 1.165) is 17.6 Å². The molecule has 0 saturated heterocycles. The third-order valence-corrected chi connectivity index (χ3v) is 6.27. The van der Waals surface area contributed by atoms with Gasteiger partial charge in [-0.2, -0.15) is 4.99 Å². The van der Waals surface area contributed by atoms with Crippen molar-refractivity contribution in [3.05, 3.63) is 62.9 Å². The maximum absolute atomic E-state index is 12.6. The van der Waals surface area contributed by atoms with Gasteiger partial charge in [0, 0.05) is 24.0 Å². The van der Waals surface area contributed by atoms with Gasteiger partial charge in [0.15, 0.2) is 14.6 Å². The quantitative estimate of drug-likeness (QED) is 0.329. The van der Waals surface area contributed by atoms with E-state index in [1.807, 2.05) is 0 Å². The molecule has 0 N–H and O–H groups in total. The Kier molecular flexibility index (Phi) is 5.80. The van der Waals surface area contributed by atoms with Crippen molar-refractivity contribution in [3.63, 3.8) is 0 Å². The van der Waals surface area contributed by atoms with E-state index in [-0.39, 0.29) is 27.5 Å². The van der Waals surface area contributed by atoms with Crippen LogP contribution in [0.4, 0.5) is 5.69 Å². The zero-order valence-electron chi connectivity index (χ0n) is 15.8. The van der Waals surface area contributed by atoms with Crippen molar-refractivity contribution in [2.24, 2.45) is 4.99 Å². The number of rotatable bonds is 5. The molecule has 0 bridgehead atoms. The molecule has 3 rings (SSSR count). The van der Waals surface area contributed by atoms with Crippen LogP contribution in [0.5, 0.6) is 0 Å². The summed E-state index contributed by atoms with van der Waals surface area (Å²) >= 11 is 1.03. The molecular formula is C18H15N3O7S2. The lowest BCUT2D eigenvalue weighted by molar-refractivity contribution is -0.384. The molecule has 0 atom stereocenters. The number of nitro groups is 1. The molecule has 3 aromatic rings. The van der Waals surface area contributed by atoms with Crippen LogP contribution in [-0.2, 0) is 25.9 Å². The van der Waals surface area contributed by atoms with Gasteiger partial charge in [0.05, 0.1) is 27.1 Å². The van der Waals surface area contributed by atoms with Gasteiger partial charge in [-0.15, -0.1) is 0 Å². The number of nitrogens with zero attached hydrogens (tertiary/aromatic N) is 3. The predicted octanol–water partition coefficient (Wildman–Crippen LogP) is 1.93. The zero-order chi connectivity index (χ0) is 22.1. The second-order valence-corrected chi connectivity index (χ2v) is 9.19. The summed E-state index contributed by atoms with van der Waals surface area (Å²) in [6.45, 7) is -0.235. The molecule has 1 amide bonds. The van der Waals surface area contributed by atoms with Gasteiger partial charge in [-0.05, 0) is 30.3 Å². The van der Waals surface area contributed by atoms with Crippen molar-refractivity contribution < 1.29 is 27.7 Å². The first-order valence-electron chi connectivity index (χ1n) is 8.34. The van der Waals surface area contributed by atoms with Crippen LogP contribution >= 0.6 is 11.3 Å². The van der Waals surface area contributed by atoms with Gasteiger partial charge in [0.1, 0.15) is 6.54 Å². The number of hydrogen-bond acceptors (Lipinski definition) is 8. The summed E-state index contributed by atoms with van der Waals surface area (Å²) < 4.78 is 30.3. The van der Waals surface area contributed by atoms with Crippen LogP contribution in [0, 0.1) is 10.1 Å². The number of benzene rings is 2. The number of ether oxygens (including phenoxy) is 1. The van der Waals surface area contributed by atoms with Crippen LogP contribution in [-0.4, -0.2) is 43.2 Å². The molecule has 0 spiro atoms. The molecular weight excluding hydrogens is 434 g/mol. The lowest BCUT2D eigenvalue weighted by atomic mass is 10.2. The van der Waals surface area contributed by atoms with Crippen molar-refractivity contribution >= 4 is 49.0 Å². The van der Waals surface area contributed by atoms with E-state index < -0.39 is 26.6 Å². The summed E-state index contributed by atoms with van der Waals surface area (Å²) in [6, 6.07) is 9.32. The number of non-ortho nitro benzene ring substituents is 1. The minimum atomic E-state index is -3.45. The molecule has 0 fully saturated rings. The molecule has 0 saturated carbocycles. The van der Waals surface area contributed by atoms with E-state index in [1.54, 1.807) is 0 Å². The smallest absolute Gasteiger partial charge is 0.325 e. The second-order valence-electron chi connectivity index (χ2n) is 6.17. The highest BCUT2D eigenvalue weighted by Gasteiger charge is 2.16. The van der Waals surface area contributed by atoms with Crippen molar-refractivity contribution in [3.8, 4) is 0 Å². The fourth-order valence-corrected chi connectivity index (χ4v) is 4.38. The minimum absolute atomic E-state index is 0.0923. The van der Waals surface area contributed by atoms with Crippen molar-refractivity contribution in [2.45, 2.75) is 11.4 Å². The SMILES string of the molecule is COC(=O)Cn1c(=NC(=O)c2ccc([N+](=O)[O-])cc2)sc2cc(S(C)(=O)=O)ccc21. The number of fused-ring (bicyclic) bond motifs is 1. The predicted molar refractivity (Wildman–Crippen MR) is 108 cm³/mol. The summed E-state index contributed by atoms with van der Waals surface area (Å²) in [5, 5.41) is 10.8. The Morgan fingerprint density at radius 2 is 1.87 bits per heavy atom. The van der Waals surface area contributed by atoms with Crippen molar-refractivity contribution in [1.29, 1.82) is 0 Å². The van der Waals surface area contributed by atoms with Crippen LogP contribution in [0.1, 0.15) is 10.4 Å². The van der Waals surface area contributed by atoms with Crippen LogP contribution in [0.25, 0.3) is 10.2 Å². The Labute approximate surface area is 174 Å². The number of amides is 1. The largest absolute Gasteiger partial charge is 0.468 e. The van der Waals surface area contributed by atoms with Crippen molar-refractivity contribution in [1.82, 2.24) is 4.57 Å². The molecule has 0 aliphatic heterocycles. The molecule has 1 heterocycles. The normalized spacial score (nSPS) is 12.1. The van der Waals surface area contributed by atoms with E-state index in [0.29, 0.717) is 10.2 Å². The number of esters is 1. The molecule has 30 heavy (non-hydrogen) atoms. The maximum atomic E-state index is 12.6. The fraction of sp³-hybridized carbons (Fsp3) is 0.167. The Balaban J connectivity index is 2.14. The average molecular weight is 449 g/mol. The van der Waals surface area contributed by atoms with E-state index >= 15 is 0 Å². The first-order chi connectivity index (χ1) is 14.1. The molecule has 12 heteroatoms. The number of carbonyl (C=O) groups is 2. The molecule has 10 nitrogen and oxygen atoms in total. The van der Waals surface area contributed by atoms with Gasteiger partial charge in [-0.25, -0.2) is 8.42 Å². The highest BCUT2D eigenvalue weighted by molar-refractivity contribution is 7.90. The Morgan fingerprint density at radius 1 is 1.20 bits per heavy atom. The highest BCUT2D eigenvalue weighted by atomic mass is 32.2. The Hall–Kier alpha value is -3.38. The number of methoxy groups -OCH3 is 1. The maximum Gasteiger partial charge on any atom is 0.325 e. The van der Waals surface area contributed by atoms with Gasteiger partial charge >= 0.3 is 5.97 Å².